The second-order valence-electron chi connectivity index (χ2n) is 17.3. The van der Waals surface area contributed by atoms with Gasteiger partial charge in [-0.2, -0.15) is 0 Å². The van der Waals surface area contributed by atoms with Gasteiger partial charge < -0.3 is 74.6 Å². The largest absolute Gasteiger partial charge is 1.00 e. The maximum absolute atomic E-state index is 13.3. The van der Waals surface area contributed by atoms with E-state index in [1.807, 2.05) is 63.9 Å². The Morgan fingerprint density at radius 3 is 1.86 bits per heavy atom. The van der Waals surface area contributed by atoms with Crippen LogP contribution in [0.4, 0.5) is 17.1 Å². The lowest BCUT2D eigenvalue weighted by Gasteiger charge is -2.30. The fraction of sp³-hybridized carbons (Fsp3) is 0.490. The summed E-state index contributed by atoms with van der Waals surface area (Å²) in [5.74, 6) is -3.77. The van der Waals surface area contributed by atoms with Crippen molar-refractivity contribution in [2.45, 2.75) is 65.8 Å². The van der Waals surface area contributed by atoms with E-state index in [4.69, 9.17) is 28.1 Å². The van der Waals surface area contributed by atoms with Crippen molar-refractivity contribution in [3.63, 3.8) is 0 Å². The van der Waals surface area contributed by atoms with E-state index >= 15 is 0 Å². The van der Waals surface area contributed by atoms with Crippen molar-refractivity contribution in [3.05, 3.63) is 53.9 Å². The second kappa shape index (κ2) is 29.5. The van der Waals surface area contributed by atoms with Gasteiger partial charge in [-0.1, -0.05) is 0 Å². The molecule has 4 rings (SSSR count). The number of ether oxygens (including phenoxy) is 7. The minimum absolute atomic E-state index is 0. The van der Waals surface area contributed by atoms with Crippen molar-refractivity contribution >= 4 is 69.8 Å². The van der Waals surface area contributed by atoms with Crippen molar-refractivity contribution in [2.75, 3.05) is 117 Å². The van der Waals surface area contributed by atoms with E-state index in [0.717, 1.165) is 81.5 Å². The summed E-state index contributed by atoms with van der Waals surface area (Å²) in [4.78, 5) is 93.2. The number of nitrogens with zero attached hydrogens (tertiary/aromatic N) is 5. The fourth-order valence-electron chi connectivity index (χ4n) is 7.68. The van der Waals surface area contributed by atoms with E-state index in [-0.39, 0.29) is 42.3 Å². The third-order valence-corrected chi connectivity index (χ3v) is 11.4. The van der Waals surface area contributed by atoms with Gasteiger partial charge in [0.15, 0.2) is 0 Å². The Hall–Kier alpha value is -6.94. The summed E-state index contributed by atoms with van der Waals surface area (Å²) >= 11 is 0. The molecule has 1 amide bonds. The molecule has 1 unspecified atom stereocenters. The Morgan fingerprint density at radius 1 is 0.699 bits per heavy atom. The Kier molecular flexibility index (Phi) is 24.4. The number of anilines is 3. The highest BCUT2D eigenvalue weighted by Crippen LogP contribution is 2.47. The predicted octanol–water partition coefficient (Wildman–Crippen LogP) is 1.14. The van der Waals surface area contributed by atoms with Crippen molar-refractivity contribution < 1.29 is 88.1 Å². The molecular weight excluding hydrogens is 1020 g/mol. The zero-order valence-electron chi connectivity index (χ0n) is 43.6. The van der Waals surface area contributed by atoms with Gasteiger partial charge >= 0.3 is 35.8 Å². The monoisotopic (exact) mass is 1080 g/mol. The first-order valence-corrected chi connectivity index (χ1v) is 23.5. The van der Waals surface area contributed by atoms with Crippen LogP contribution in [0.3, 0.4) is 0 Å². The highest BCUT2D eigenvalue weighted by Gasteiger charge is 2.32. The highest BCUT2D eigenvalue weighted by molar-refractivity contribution is 6.05. The molecule has 0 saturated heterocycles. The van der Waals surface area contributed by atoms with Gasteiger partial charge in [0.1, 0.15) is 37.2 Å². The van der Waals surface area contributed by atoms with E-state index in [9.17, 15) is 33.6 Å². The number of unbranched alkanes of at least 4 members (excludes halogenated alkanes) is 1. The first kappa shape index (κ1) is 60.4. The van der Waals surface area contributed by atoms with Gasteiger partial charge in [0.05, 0.1) is 37.6 Å². The molecule has 21 nitrogen and oxygen atoms in total. The van der Waals surface area contributed by atoms with Crippen molar-refractivity contribution in [1.29, 1.82) is 0 Å². The maximum atomic E-state index is 13.3. The number of rotatable bonds is 27. The first-order chi connectivity index (χ1) is 34.2. The summed E-state index contributed by atoms with van der Waals surface area (Å²) in [6.45, 7) is 3.37. The number of fused-ring (bicyclic) bond motifs is 2. The molecule has 1 heterocycles. The molecule has 0 aromatic heterocycles. The molecule has 1 N–H and O–H groups in total. The lowest BCUT2D eigenvalue weighted by atomic mass is 9.92. The number of carbonyl (C=O) groups is 7. The lowest BCUT2D eigenvalue weighted by molar-refractivity contribution is -0.172. The van der Waals surface area contributed by atoms with E-state index in [1.54, 1.807) is 7.11 Å². The molecule has 0 bridgehead atoms. The summed E-state index contributed by atoms with van der Waals surface area (Å²) in [5.41, 5.74) is 6.46. The zero-order chi connectivity index (χ0) is 53.1. The molecule has 400 valence electrons. The molecule has 0 spiro atoms. The van der Waals surface area contributed by atoms with Crippen LogP contribution in [0.2, 0.25) is 0 Å². The van der Waals surface area contributed by atoms with Gasteiger partial charge in [-0.25, -0.2) is 4.58 Å². The minimum atomic E-state index is -1.28. The summed E-state index contributed by atoms with van der Waals surface area (Å²) in [6, 6.07) is 15.3. The first-order valence-electron chi connectivity index (χ1n) is 23.5. The van der Waals surface area contributed by atoms with E-state index in [0.29, 0.717) is 38.1 Å². The van der Waals surface area contributed by atoms with Crippen LogP contribution in [0.1, 0.15) is 59.8 Å². The molecule has 2 aromatic carbocycles. The van der Waals surface area contributed by atoms with Crippen molar-refractivity contribution in [1.82, 2.24) is 14.8 Å². The summed E-state index contributed by atoms with van der Waals surface area (Å²) < 4.78 is 43.9. The van der Waals surface area contributed by atoms with Gasteiger partial charge in [0, 0.05) is 121 Å². The van der Waals surface area contributed by atoms with Crippen LogP contribution in [-0.2, 0) is 62.0 Å². The Morgan fingerprint density at radius 2 is 1.32 bits per heavy atom. The molecule has 2 aromatic rings. The van der Waals surface area contributed by atoms with Crippen LogP contribution in [0, 0.1) is 0 Å². The second-order valence-corrected chi connectivity index (χ2v) is 17.3. The topological polar surface area (TPSA) is 225 Å². The van der Waals surface area contributed by atoms with Gasteiger partial charge in [-0.05, 0) is 56.9 Å². The number of hydrogen-bond donors (Lipinski definition) is 1. The average Bonchev–Trinajstić information content (AvgIpc) is 3.31. The van der Waals surface area contributed by atoms with Gasteiger partial charge in [-0.3, -0.25) is 38.5 Å². The number of methoxy groups -OCH3 is 1. The van der Waals surface area contributed by atoms with Crippen LogP contribution in [0.15, 0.2) is 52.9 Å². The van der Waals surface area contributed by atoms with Crippen molar-refractivity contribution in [2.24, 2.45) is 0 Å². The van der Waals surface area contributed by atoms with Gasteiger partial charge in [-0.15, -0.1) is 0 Å². The third kappa shape index (κ3) is 18.3. The molecule has 22 heteroatoms. The van der Waals surface area contributed by atoms with Crippen LogP contribution in [-0.4, -0.2) is 155 Å². The van der Waals surface area contributed by atoms with Crippen molar-refractivity contribution in [3.8, 4) is 28.2 Å². The molecule has 0 radical (unpaired) electrons. The molecule has 73 heavy (non-hydrogen) atoms. The number of carbonyl (C=O) groups excluding carboxylic acids is 7. The average molecular weight is 1090 g/mol. The van der Waals surface area contributed by atoms with Crippen LogP contribution < -0.4 is 51.7 Å². The quantitative estimate of drug-likeness (QED) is 0.0221. The number of amides is 1. The van der Waals surface area contributed by atoms with E-state index < -0.39 is 75.3 Å². The smallest absolute Gasteiger partial charge is 0.326 e. The Bertz CT molecular complexity index is 2560. The minimum Gasteiger partial charge on any atom is -1.00 e. The summed E-state index contributed by atoms with van der Waals surface area (Å²) in [6.07, 6.45) is 1.44. The van der Waals surface area contributed by atoms with Crippen LogP contribution in [0.5, 0.6) is 5.75 Å². The van der Waals surface area contributed by atoms with E-state index in [1.165, 1.54) is 0 Å². The number of halogens is 1. The standard InChI is InChI=1S/C51H68N6O15.BrH/c1-12-56(43-27-44(65-11)40(26-42(43)55(9)10)50-38-20-18-36(53(5)6)24-45(38)72-46-25-37(54(7)8)19-21-39(46)50)23-15-17-47(61)52-22-14-13-16-41(51(64)71-32-68-35(4)60)57(28-48(62)69-30-66-33(2)58)29-49(63)70-31-67-34(3)59;/h18-21,24-27,41H,12-17,22-23,28-32H2,1-11H3;1H. The van der Waals surface area contributed by atoms with Crippen LogP contribution in [0.25, 0.3) is 33.4 Å². The number of esters is 6. The molecule has 1 aliphatic heterocycles. The number of benzene rings is 3. The van der Waals surface area contributed by atoms with Crippen LogP contribution >= 0.6 is 0 Å². The lowest BCUT2D eigenvalue weighted by Crippen LogP contribution is -3.00. The SMILES string of the molecule is CCN(CCCC(=O)NCCCCC(C(=O)OCOC(C)=O)N(CC(=O)OCOC(C)=O)CC(=O)OCOC(C)=O)c1cc(OC)c(-c2c3ccc(=[N+](C)C)cc-3oc3cc(N(C)C)ccc23)cc1N(C)C.[Br-]. The molecule has 2 aliphatic rings. The van der Waals surface area contributed by atoms with E-state index in [2.05, 4.69) is 67.9 Å². The zero-order valence-corrected chi connectivity index (χ0v) is 45.2. The molecule has 1 atom stereocenters. The molecular formula is C51H69BrN6O15. The predicted molar refractivity (Wildman–Crippen MR) is 268 cm³/mol. The summed E-state index contributed by atoms with van der Waals surface area (Å²) in [7, 11) is 13.6. The highest BCUT2D eigenvalue weighted by atomic mass is 79.9. The maximum Gasteiger partial charge on any atom is 0.326 e. The Balaban J connectivity index is 0.0000141. The van der Waals surface area contributed by atoms with Gasteiger partial charge in [0.2, 0.25) is 31.6 Å². The third-order valence-electron chi connectivity index (χ3n) is 11.4. The number of nitrogens with one attached hydrogen (secondary N) is 1. The normalized spacial score (nSPS) is 11.2. The summed E-state index contributed by atoms with van der Waals surface area (Å²) in [5, 5.41) is 4.87. The Labute approximate surface area is 436 Å². The number of hydrogen-bond acceptors (Lipinski definition) is 19. The molecule has 0 saturated carbocycles. The van der Waals surface area contributed by atoms with Gasteiger partial charge in [0.25, 0.3) is 0 Å². The fourth-order valence-corrected chi connectivity index (χ4v) is 7.68. The molecule has 1 aliphatic carbocycles. The molecule has 0 fully saturated rings.